The van der Waals surface area contributed by atoms with Gasteiger partial charge in [0.25, 0.3) is 0 Å². The summed E-state index contributed by atoms with van der Waals surface area (Å²) >= 11 is 0. The number of carbonyl (C=O) groups is 1. The van der Waals surface area contributed by atoms with E-state index in [1.54, 1.807) is 6.92 Å². The zero-order valence-electron chi connectivity index (χ0n) is 10.8. The summed E-state index contributed by atoms with van der Waals surface area (Å²) in [4.78, 5) is 17.9. The standard InChI is InChI=1S/C13H20N2O2/c1-9(16)7-12-5-4-6-15(12)8-13-14-10(2)11(3)17-13/h12H,4-8H2,1-3H3. The van der Waals surface area contributed by atoms with Crippen molar-refractivity contribution < 1.29 is 9.21 Å². The Morgan fingerprint density at radius 1 is 1.53 bits per heavy atom. The number of aryl methyl sites for hydroxylation is 2. The molecule has 0 saturated carbocycles. The molecule has 1 unspecified atom stereocenters. The monoisotopic (exact) mass is 236 g/mol. The van der Waals surface area contributed by atoms with Gasteiger partial charge in [0.1, 0.15) is 11.5 Å². The molecule has 1 aliphatic heterocycles. The number of rotatable bonds is 4. The Hall–Kier alpha value is -1.16. The highest BCUT2D eigenvalue weighted by Gasteiger charge is 2.26. The van der Waals surface area contributed by atoms with Crippen molar-refractivity contribution in [2.24, 2.45) is 0 Å². The molecule has 2 heterocycles. The van der Waals surface area contributed by atoms with Gasteiger partial charge in [0.05, 0.1) is 12.2 Å². The van der Waals surface area contributed by atoms with Gasteiger partial charge in [0.15, 0.2) is 0 Å². The third-order valence-corrected chi connectivity index (χ3v) is 3.43. The average Bonchev–Trinajstić information content (AvgIpc) is 2.76. The van der Waals surface area contributed by atoms with Crippen LogP contribution in [0.25, 0.3) is 0 Å². The first kappa shape index (κ1) is 12.3. The van der Waals surface area contributed by atoms with E-state index in [2.05, 4.69) is 9.88 Å². The van der Waals surface area contributed by atoms with Gasteiger partial charge in [-0.3, -0.25) is 9.69 Å². The van der Waals surface area contributed by atoms with Crippen LogP contribution in [0.1, 0.15) is 43.5 Å². The third kappa shape index (κ3) is 2.94. The fourth-order valence-corrected chi connectivity index (χ4v) is 2.45. The normalized spacial score (nSPS) is 21.0. The van der Waals surface area contributed by atoms with Gasteiger partial charge in [-0.05, 0) is 40.2 Å². The molecule has 0 amide bonds. The molecule has 0 aromatic carbocycles. The van der Waals surface area contributed by atoms with E-state index in [0.717, 1.165) is 43.3 Å². The minimum absolute atomic E-state index is 0.265. The van der Waals surface area contributed by atoms with Gasteiger partial charge in [-0.25, -0.2) is 4.98 Å². The van der Waals surface area contributed by atoms with E-state index >= 15 is 0 Å². The van der Waals surface area contributed by atoms with Crippen molar-refractivity contribution in [3.63, 3.8) is 0 Å². The average molecular weight is 236 g/mol. The molecule has 17 heavy (non-hydrogen) atoms. The topological polar surface area (TPSA) is 46.3 Å². The van der Waals surface area contributed by atoms with Crippen LogP contribution in [-0.2, 0) is 11.3 Å². The summed E-state index contributed by atoms with van der Waals surface area (Å²) < 4.78 is 5.59. The summed E-state index contributed by atoms with van der Waals surface area (Å²) in [7, 11) is 0. The van der Waals surface area contributed by atoms with Crippen LogP contribution in [0.15, 0.2) is 4.42 Å². The minimum Gasteiger partial charge on any atom is -0.444 e. The molecular weight excluding hydrogens is 216 g/mol. The molecule has 4 nitrogen and oxygen atoms in total. The Balaban J connectivity index is 2.00. The Kier molecular flexibility index (Phi) is 3.62. The fourth-order valence-electron chi connectivity index (χ4n) is 2.45. The predicted octanol–water partition coefficient (Wildman–Crippen LogP) is 2.23. The van der Waals surface area contributed by atoms with E-state index < -0.39 is 0 Å². The van der Waals surface area contributed by atoms with Crippen LogP contribution in [0.3, 0.4) is 0 Å². The first-order valence-electron chi connectivity index (χ1n) is 6.22. The van der Waals surface area contributed by atoms with E-state index in [9.17, 15) is 4.79 Å². The third-order valence-electron chi connectivity index (χ3n) is 3.43. The summed E-state index contributed by atoms with van der Waals surface area (Å²) in [5, 5.41) is 0. The first-order chi connectivity index (χ1) is 8.06. The van der Waals surface area contributed by atoms with E-state index in [4.69, 9.17) is 4.42 Å². The molecule has 1 aromatic heterocycles. The Morgan fingerprint density at radius 2 is 2.29 bits per heavy atom. The van der Waals surface area contributed by atoms with Crippen molar-refractivity contribution in [3.05, 3.63) is 17.3 Å². The number of likely N-dealkylation sites (tertiary alicyclic amines) is 1. The van der Waals surface area contributed by atoms with Crippen LogP contribution in [0.4, 0.5) is 0 Å². The lowest BCUT2D eigenvalue weighted by Gasteiger charge is -2.21. The van der Waals surface area contributed by atoms with Crippen molar-refractivity contribution in [1.29, 1.82) is 0 Å². The number of Topliss-reactive ketones (excluding diaryl/α,β-unsaturated/α-hetero) is 1. The van der Waals surface area contributed by atoms with Gasteiger partial charge >= 0.3 is 0 Å². The highest BCUT2D eigenvalue weighted by Crippen LogP contribution is 2.23. The van der Waals surface area contributed by atoms with E-state index in [0.29, 0.717) is 12.5 Å². The molecule has 1 atom stereocenters. The van der Waals surface area contributed by atoms with Gasteiger partial charge in [-0.1, -0.05) is 0 Å². The van der Waals surface area contributed by atoms with Gasteiger partial charge in [0.2, 0.25) is 5.89 Å². The quantitative estimate of drug-likeness (QED) is 0.804. The predicted molar refractivity (Wildman–Crippen MR) is 64.7 cm³/mol. The molecule has 0 N–H and O–H groups in total. The second kappa shape index (κ2) is 5.00. The summed E-state index contributed by atoms with van der Waals surface area (Å²) in [5.41, 5.74) is 0.960. The first-order valence-corrected chi connectivity index (χ1v) is 6.22. The molecule has 0 aliphatic carbocycles. The van der Waals surface area contributed by atoms with Crippen molar-refractivity contribution in [2.45, 2.75) is 52.6 Å². The van der Waals surface area contributed by atoms with Crippen LogP contribution in [0, 0.1) is 13.8 Å². The number of hydrogen-bond acceptors (Lipinski definition) is 4. The molecule has 2 rings (SSSR count). The highest BCUT2D eigenvalue weighted by molar-refractivity contribution is 5.76. The van der Waals surface area contributed by atoms with E-state index in [-0.39, 0.29) is 5.78 Å². The van der Waals surface area contributed by atoms with Crippen LogP contribution >= 0.6 is 0 Å². The fraction of sp³-hybridized carbons (Fsp3) is 0.692. The van der Waals surface area contributed by atoms with Crippen molar-refractivity contribution in [1.82, 2.24) is 9.88 Å². The maximum Gasteiger partial charge on any atom is 0.208 e. The van der Waals surface area contributed by atoms with Crippen LogP contribution in [-0.4, -0.2) is 28.3 Å². The minimum atomic E-state index is 0.265. The highest BCUT2D eigenvalue weighted by atomic mass is 16.4. The molecule has 1 saturated heterocycles. The summed E-state index contributed by atoms with van der Waals surface area (Å²) in [6, 6.07) is 0.375. The molecular formula is C13H20N2O2. The van der Waals surface area contributed by atoms with Crippen LogP contribution in [0.2, 0.25) is 0 Å². The van der Waals surface area contributed by atoms with Crippen molar-refractivity contribution in [2.75, 3.05) is 6.54 Å². The Bertz CT molecular complexity index is 392. The number of oxazole rings is 1. The van der Waals surface area contributed by atoms with E-state index in [1.807, 2.05) is 13.8 Å². The second-order valence-electron chi connectivity index (χ2n) is 4.92. The maximum absolute atomic E-state index is 11.2. The lowest BCUT2D eigenvalue weighted by Crippen LogP contribution is -2.30. The zero-order chi connectivity index (χ0) is 12.4. The Morgan fingerprint density at radius 3 is 2.88 bits per heavy atom. The molecule has 0 bridgehead atoms. The number of nitrogens with zero attached hydrogens (tertiary/aromatic N) is 2. The molecule has 1 aliphatic rings. The summed E-state index contributed by atoms with van der Waals surface area (Å²) in [6.07, 6.45) is 2.92. The SMILES string of the molecule is CC(=O)CC1CCCN1Cc1nc(C)c(C)o1. The van der Waals surface area contributed by atoms with Crippen molar-refractivity contribution >= 4 is 5.78 Å². The van der Waals surface area contributed by atoms with Gasteiger partial charge in [-0.2, -0.15) is 0 Å². The molecule has 1 aromatic rings. The van der Waals surface area contributed by atoms with E-state index in [1.165, 1.54) is 0 Å². The number of aromatic nitrogens is 1. The lowest BCUT2D eigenvalue weighted by atomic mass is 10.1. The number of carbonyl (C=O) groups excluding carboxylic acids is 1. The van der Waals surface area contributed by atoms with Gasteiger partial charge in [-0.15, -0.1) is 0 Å². The molecule has 4 heteroatoms. The van der Waals surface area contributed by atoms with Crippen molar-refractivity contribution in [3.8, 4) is 0 Å². The van der Waals surface area contributed by atoms with Gasteiger partial charge < -0.3 is 4.42 Å². The Labute approximate surface area is 102 Å². The molecule has 1 fully saturated rings. The number of ketones is 1. The zero-order valence-corrected chi connectivity index (χ0v) is 10.8. The molecule has 94 valence electrons. The summed E-state index contributed by atoms with van der Waals surface area (Å²) in [6.45, 7) is 7.32. The van der Waals surface area contributed by atoms with Gasteiger partial charge in [0, 0.05) is 12.5 Å². The van der Waals surface area contributed by atoms with Crippen LogP contribution < -0.4 is 0 Å². The summed E-state index contributed by atoms with van der Waals surface area (Å²) in [5.74, 6) is 1.93. The molecule has 0 radical (unpaired) electrons. The number of hydrogen-bond donors (Lipinski definition) is 0. The van der Waals surface area contributed by atoms with Crippen LogP contribution in [0.5, 0.6) is 0 Å². The lowest BCUT2D eigenvalue weighted by molar-refractivity contribution is -0.118. The maximum atomic E-state index is 11.2. The molecule has 0 spiro atoms. The smallest absolute Gasteiger partial charge is 0.208 e. The largest absolute Gasteiger partial charge is 0.444 e. The second-order valence-corrected chi connectivity index (χ2v) is 4.92.